The molecule has 1 aliphatic heterocycles. The molecule has 1 N–H and O–H groups in total. The van der Waals surface area contributed by atoms with Crippen LogP contribution in [0.25, 0.3) is 0 Å². The monoisotopic (exact) mass is 276 g/mol. The lowest BCUT2D eigenvalue weighted by Crippen LogP contribution is -2.50. The third-order valence-corrected chi connectivity index (χ3v) is 3.55. The number of rotatable bonds is 2. The zero-order valence-electron chi connectivity index (χ0n) is 12.8. The summed E-state index contributed by atoms with van der Waals surface area (Å²) >= 11 is 0. The quantitative estimate of drug-likeness (QED) is 0.896. The third kappa shape index (κ3) is 3.68. The van der Waals surface area contributed by atoms with E-state index in [4.69, 9.17) is 0 Å². The van der Waals surface area contributed by atoms with Gasteiger partial charge in [-0.15, -0.1) is 0 Å². The highest BCUT2D eigenvalue weighted by Crippen LogP contribution is 2.19. The molecule has 20 heavy (non-hydrogen) atoms. The summed E-state index contributed by atoms with van der Waals surface area (Å²) in [4.78, 5) is 22.8. The third-order valence-electron chi connectivity index (χ3n) is 3.55. The van der Waals surface area contributed by atoms with Gasteiger partial charge < -0.3 is 10.2 Å². The number of amides is 1. The maximum atomic E-state index is 12.1. The Morgan fingerprint density at radius 3 is 2.80 bits per heavy atom. The molecule has 0 bridgehead atoms. The molecular weight excluding hydrogens is 252 g/mol. The minimum Gasteiger partial charge on any atom is -0.354 e. The van der Waals surface area contributed by atoms with Crippen LogP contribution < -0.4 is 10.2 Å². The average molecular weight is 276 g/mol. The highest BCUT2D eigenvalue weighted by atomic mass is 16.2. The van der Waals surface area contributed by atoms with Crippen LogP contribution in [0.15, 0.2) is 12.4 Å². The fourth-order valence-electron chi connectivity index (χ4n) is 2.32. The number of carbonyl (C=O) groups is 1. The summed E-state index contributed by atoms with van der Waals surface area (Å²) in [7, 11) is 0. The molecule has 1 unspecified atom stereocenters. The Kier molecular flexibility index (Phi) is 4.26. The minimum atomic E-state index is -0.340. The van der Waals surface area contributed by atoms with Gasteiger partial charge in [-0.2, -0.15) is 0 Å². The standard InChI is InChI=1S/C15H24N4O/c1-11-8-13(17-10-16-11)19-7-5-6-12(9-19)18-14(20)15(2,3)4/h8,10,12H,5-7,9H2,1-4H3,(H,18,20). The SMILES string of the molecule is Cc1cc(N2CCCC(NC(=O)C(C)(C)C)C2)ncn1. The van der Waals surface area contributed by atoms with Gasteiger partial charge in [0.2, 0.25) is 5.91 Å². The van der Waals surface area contributed by atoms with Gasteiger partial charge in [0, 0.05) is 36.3 Å². The van der Waals surface area contributed by atoms with E-state index in [1.807, 2.05) is 33.8 Å². The van der Waals surface area contributed by atoms with Crippen molar-refractivity contribution in [2.75, 3.05) is 18.0 Å². The Balaban J connectivity index is 2.00. The van der Waals surface area contributed by atoms with Crippen molar-refractivity contribution in [3.63, 3.8) is 0 Å². The van der Waals surface area contributed by atoms with Crippen LogP contribution in [-0.2, 0) is 4.79 Å². The van der Waals surface area contributed by atoms with Crippen molar-refractivity contribution in [3.8, 4) is 0 Å². The molecule has 110 valence electrons. The lowest BCUT2D eigenvalue weighted by Gasteiger charge is -2.35. The molecule has 1 saturated heterocycles. The van der Waals surface area contributed by atoms with Crippen LogP contribution in [0.5, 0.6) is 0 Å². The topological polar surface area (TPSA) is 58.1 Å². The van der Waals surface area contributed by atoms with Gasteiger partial charge in [-0.3, -0.25) is 4.79 Å². The van der Waals surface area contributed by atoms with Gasteiger partial charge in [0.1, 0.15) is 12.1 Å². The molecule has 5 heteroatoms. The van der Waals surface area contributed by atoms with Crippen molar-refractivity contribution < 1.29 is 4.79 Å². The molecule has 0 aromatic carbocycles. The number of anilines is 1. The average Bonchev–Trinajstić information content (AvgIpc) is 2.38. The van der Waals surface area contributed by atoms with Gasteiger partial charge in [-0.05, 0) is 19.8 Å². The van der Waals surface area contributed by atoms with Crippen molar-refractivity contribution >= 4 is 11.7 Å². The normalized spacial score (nSPS) is 19.8. The highest BCUT2D eigenvalue weighted by Gasteiger charge is 2.27. The highest BCUT2D eigenvalue weighted by molar-refractivity contribution is 5.81. The first-order valence-corrected chi connectivity index (χ1v) is 7.21. The zero-order valence-corrected chi connectivity index (χ0v) is 12.8. The number of piperidine rings is 1. The number of aryl methyl sites for hydroxylation is 1. The van der Waals surface area contributed by atoms with E-state index in [-0.39, 0.29) is 17.4 Å². The molecule has 1 amide bonds. The summed E-state index contributed by atoms with van der Waals surface area (Å²) in [5.74, 6) is 1.07. The van der Waals surface area contributed by atoms with E-state index < -0.39 is 0 Å². The fourth-order valence-corrected chi connectivity index (χ4v) is 2.32. The molecule has 0 aliphatic carbocycles. The second kappa shape index (κ2) is 5.77. The number of nitrogens with zero attached hydrogens (tertiary/aromatic N) is 3. The second-order valence-electron chi connectivity index (χ2n) is 6.53. The predicted octanol–water partition coefficient (Wildman–Crippen LogP) is 1.92. The lowest BCUT2D eigenvalue weighted by molar-refractivity contribution is -0.129. The summed E-state index contributed by atoms with van der Waals surface area (Å²) in [6.07, 6.45) is 3.70. The fraction of sp³-hybridized carbons (Fsp3) is 0.667. The van der Waals surface area contributed by atoms with E-state index in [0.29, 0.717) is 0 Å². The second-order valence-corrected chi connectivity index (χ2v) is 6.53. The van der Waals surface area contributed by atoms with Crippen molar-refractivity contribution in [1.82, 2.24) is 15.3 Å². The van der Waals surface area contributed by atoms with Crippen molar-refractivity contribution in [2.24, 2.45) is 5.41 Å². The number of carbonyl (C=O) groups excluding carboxylic acids is 1. The van der Waals surface area contributed by atoms with Crippen LogP contribution in [0.2, 0.25) is 0 Å². The maximum Gasteiger partial charge on any atom is 0.225 e. The van der Waals surface area contributed by atoms with Gasteiger partial charge in [0.25, 0.3) is 0 Å². The van der Waals surface area contributed by atoms with Crippen LogP contribution >= 0.6 is 0 Å². The molecule has 2 heterocycles. The van der Waals surface area contributed by atoms with Crippen LogP contribution in [0.1, 0.15) is 39.3 Å². The predicted molar refractivity (Wildman–Crippen MR) is 79.6 cm³/mol. The summed E-state index contributed by atoms with van der Waals surface area (Å²) in [5.41, 5.74) is 0.629. The van der Waals surface area contributed by atoms with Gasteiger partial charge in [0.05, 0.1) is 0 Å². The lowest BCUT2D eigenvalue weighted by atomic mass is 9.94. The number of hydrogen-bond donors (Lipinski definition) is 1. The first kappa shape index (κ1) is 14.8. The molecule has 1 aromatic rings. The smallest absolute Gasteiger partial charge is 0.225 e. The number of hydrogen-bond acceptors (Lipinski definition) is 4. The minimum absolute atomic E-state index is 0.114. The maximum absolute atomic E-state index is 12.1. The van der Waals surface area contributed by atoms with E-state index in [1.54, 1.807) is 6.33 Å². The Hall–Kier alpha value is -1.65. The van der Waals surface area contributed by atoms with Crippen molar-refractivity contribution in [1.29, 1.82) is 0 Å². The first-order valence-electron chi connectivity index (χ1n) is 7.21. The summed E-state index contributed by atoms with van der Waals surface area (Å²) in [6.45, 7) is 9.59. The van der Waals surface area contributed by atoms with Crippen LogP contribution in [0, 0.1) is 12.3 Å². The Bertz CT molecular complexity index is 481. The molecule has 5 nitrogen and oxygen atoms in total. The van der Waals surface area contributed by atoms with E-state index in [1.165, 1.54) is 0 Å². The summed E-state index contributed by atoms with van der Waals surface area (Å²) in [6, 6.07) is 2.19. The van der Waals surface area contributed by atoms with Crippen molar-refractivity contribution in [2.45, 2.75) is 46.6 Å². The van der Waals surface area contributed by atoms with Crippen molar-refractivity contribution in [3.05, 3.63) is 18.1 Å². The molecular formula is C15H24N4O. The molecule has 1 aliphatic rings. The van der Waals surface area contributed by atoms with E-state index in [0.717, 1.165) is 37.4 Å². The van der Waals surface area contributed by atoms with Gasteiger partial charge >= 0.3 is 0 Å². The molecule has 1 aromatic heterocycles. The van der Waals surface area contributed by atoms with Gasteiger partial charge in [0.15, 0.2) is 0 Å². The Morgan fingerprint density at radius 2 is 2.15 bits per heavy atom. The molecule has 0 radical (unpaired) electrons. The Morgan fingerprint density at radius 1 is 1.40 bits per heavy atom. The zero-order chi connectivity index (χ0) is 14.8. The van der Waals surface area contributed by atoms with Gasteiger partial charge in [-0.25, -0.2) is 9.97 Å². The largest absolute Gasteiger partial charge is 0.354 e. The van der Waals surface area contributed by atoms with Crippen LogP contribution in [0.3, 0.4) is 0 Å². The molecule has 0 saturated carbocycles. The van der Waals surface area contributed by atoms with E-state index >= 15 is 0 Å². The van der Waals surface area contributed by atoms with Crippen LogP contribution in [0.4, 0.5) is 5.82 Å². The molecule has 2 rings (SSSR count). The summed E-state index contributed by atoms with van der Waals surface area (Å²) < 4.78 is 0. The Labute approximate surface area is 120 Å². The number of aromatic nitrogens is 2. The van der Waals surface area contributed by atoms with E-state index in [2.05, 4.69) is 20.2 Å². The van der Waals surface area contributed by atoms with Gasteiger partial charge in [-0.1, -0.05) is 20.8 Å². The molecule has 1 fully saturated rings. The van der Waals surface area contributed by atoms with E-state index in [9.17, 15) is 4.79 Å². The number of nitrogens with one attached hydrogen (secondary N) is 1. The van der Waals surface area contributed by atoms with Crippen LogP contribution in [-0.4, -0.2) is 35.0 Å². The molecule has 1 atom stereocenters. The summed E-state index contributed by atoms with van der Waals surface area (Å²) in [5, 5.41) is 3.15. The first-order chi connectivity index (χ1) is 9.36. The molecule has 0 spiro atoms.